The van der Waals surface area contributed by atoms with Crippen LogP contribution >= 0.6 is 0 Å². The fraction of sp³-hybridized carbons (Fsp3) is 0.273. The van der Waals surface area contributed by atoms with Crippen molar-refractivity contribution in [1.29, 1.82) is 0 Å². The van der Waals surface area contributed by atoms with Crippen molar-refractivity contribution in [3.63, 3.8) is 0 Å². The third-order valence-electron chi connectivity index (χ3n) is 2.22. The molecule has 0 bridgehead atoms. The van der Waals surface area contributed by atoms with Gasteiger partial charge in [-0.3, -0.25) is 9.59 Å². The molecule has 6 nitrogen and oxygen atoms in total. The summed E-state index contributed by atoms with van der Waals surface area (Å²) in [6.45, 7) is -0.0913. The number of anilines is 1. The number of likely N-dealkylation sites (N-methyl/N-ethyl adjacent to an activating group) is 1. The van der Waals surface area contributed by atoms with Gasteiger partial charge in [0.1, 0.15) is 5.75 Å². The Morgan fingerprint density at radius 3 is 2.71 bits per heavy atom. The second-order valence-corrected chi connectivity index (χ2v) is 3.28. The molecule has 0 aliphatic rings. The zero-order valence-electron chi connectivity index (χ0n) is 9.74. The van der Waals surface area contributed by atoms with E-state index >= 15 is 0 Å². The molecule has 0 saturated heterocycles. The summed E-state index contributed by atoms with van der Waals surface area (Å²) in [6.07, 6.45) is 0. The molecule has 1 aromatic carbocycles. The normalized spacial score (nSPS) is 9.53. The third-order valence-corrected chi connectivity index (χ3v) is 2.22. The average Bonchev–Trinajstić information content (AvgIpc) is 2.35. The van der Waals surface area contributed by atoms with Crippen LogP contribution in [0.3, 0.4) is 0 Å². The van der Waals surface area contributed by atoms with E-state index in [-0.39, 0.29) is 23.7 Å². The van der Waals surface area contributed by atoms with E-state index in [4.69, 9.17) is 10.5 Å². The van der Waals surface area contributed by atoms with Crippen LogP contribution in [0.25, 0.3) is 0 Å². The Morgan fingerprint density at radius 2 is 2.12 bits per heavy atom. The summed E-state index contributed by atoms with van der Waals surface area (Å²) >= 11 is 0. The summed E-state index contributed by atoms with van der Waals surface area (Å²) in [6, 6.07) is 4.88. The van der Waals surface area contributed by atoms with Crippen molar-refractivity contribution in [3.05, 3.63) is 23.8 Å². The van der Waals surface area contributed by atoms with Gasteiger partial charge in [-0.15, -0.1) is 0 Å². The summed E-state index contributed by atoms with van der Waals surface area (Å²) in [4.78, 5) is 22.7. The molecule has 92 valence electrons. The average molecular weight is 237 g/mol. The number of amides is 2. The van der Waals surface area contributed by atoms with Crippen molar-refractivity contribution < 1.29 is 14.3 Å². The Hall–Kier alpha value is -2.24. The first kappa shape index (κ1) is 12.8. The highest BCUT2D eigenvalue weighted by Gasteiger charge is 2.13. The summed E-state index contributed by atoms with van der Waals surface area (Å²) < 4.78 is 5.00. The van der Waals surface area contributed by atoms with E-state index in [2.05, 4.69) is 10.6 Å². The maximum atomic E-state index is 11.7. The second-order valence-electron chi connectivity index (χ2n) is 3.28. The molecule has 4 N–H and O–H groups in total. The highest BCUT2D eigenvalue weighted by Crippen LogP contribution is 2.24. The van der Waals surface area contributed by atoms with Crippen molar-refractivity contribution >= 4 is 17.5 Å². The van der Waals surface area contributed by atoms with Crippen LogP contribution in [-0.2, 0) is 4.79 Å². The van der Waals surface area contributed by atoms with E-state index < -0.39 is 5.91 Å². The molecule has 1 aromatic rings. The number of carbonyl (C=O) groups excluding carboxylic acids is 2. The Labute approximate surface area is 99.1 Å². The monoisotopic (exact) mass is 237 g/mol. The number of methoxy groups -OCH3 is 1. The van der Waals surface area contributed by atoms with Gasteiger partial charge < -0.3 is 21.1 Å². The minimum absolute atomic E-state index is 0.0913. The minimum atomic E-state index is -0.412. The van der Waals surface area contributed by atoms with Crippen LogP contribution in [0.1, 0.15) is 10.4 Å². The van der Waals surface area contributed by atoms with Crippen LogP contribution in [0.5, 0.6) is 5.75 Å². The number of hydrogen-bond donors (Lipinski definition) is 3. The SMILES string of the molecule is CNC(=O)CNC(=O)c1cccc(OC)c1N. The molecule has 0 heterocycles. The molecular formula is C11H15N3O3. The van der Waals surface area contributed by atoms with Gasteiger partial charge in [0.25, 0.3) is 5.91 Å². The number of benzene rings is 1. The Balaban J connectivity index is 2.79. The molecule has 0 unspecified atom stereocenters. The van der Waals surface area contributed by atoms with Crippen molar-refractivity contribution in [1.82, 2.24) is 10.6 Å². The van der Waals surface area contributed by atoms with E-state index in [9.17, 15) is 9.59 Å². The van der Waals surface area contributed by atoms with Crippen LogP contribution in [0, 0.1) is 0 Å². The standard InChI is InChI=1S/C11H15N3O3/c1-13-9(15)6-14-11(16)7-4-3-5-8(17-2)10(7)12/h3-5H,6,12H2,1-2H3,(H,13,15)(H,14,16). The molecule has 2 amide bonds. The molecule has 6 heteroatoms. The minimum Gasteiger partial charge on any atom is -0.495 e. The van der Waals surface area contributed by atoms with Gasteiger partial charge in [0.15, 0.2) is 0 Å². The molecule has 17 heavy (non-hydrogen) atoms. The molecule has 0 spiro atoms. The number of carbonyl (C=O) groups is 2. The molecule has 0 aliphatic heterocycles. The fourth-order valence-corrected chi connectivity index (χ4v) is 1.26. The lowest BCUT2D eigenvalue weighted by molar-refractivity contribution is -0.119. The summed E-state index contributed by atoms with van der Waals surface area (Å²) in [7, 11) is 2.96. The van der Waals surface area contributed by atoms with Gasteiger partial charge in [0.2, 0.25) is 5.91 Å². The summed E-state index contributed by atoms with van der Waals surface area (Å²) in [5.74, 6) is -0.262. The van der Waals surface area contributed by atoms with Crippen molar-refractivity contribution in [2.45, 2.75) is 0 Å². The first-order valence-corrected chi connectivity index (χ1v) is 5.01. The molecule has 0 radical (unpaired) electrons. The Morgan fingerprint density at radius 1 is 1.41 bits per heavy atom. The molecule has 1 rings (SSSR count). The zero-order chi connectivity index (χ0) is 12.8. The lowest BCUT2D eigenvalue weighted by Crippen LogP contribution is -2.35. The summed E-state index contributed by atoms with van der Waals surface area (Å²) in [5, 5.41) is 4.85. The number of nitrogens with one attached hydrogen (secondary N) is 2. The fourth-order valence-electron chi connectivity index (χ4n) is 1.26. The van der Waals surface area contributed by atoms with Crippen LogP contribution in [0.15, 0.2) is 18.2 Å². The van der Waals surface area contributed by atoms with Crippen LogP contribution in [0.4, 0.5) is 5.69 Å². The first-order valence-electron chi connectivity index (χ1n) is 5.01. The van der Waals surface area contributed by atoms with Crippen molar-refractivity contribution in [3.8, 4) is 5.75 Å². The number of hydrogen-bond acceptors (Lipinski definition) is 4. The first-order chi connectivity index (χ1) is 8.10. The molecule has 0 fully saturated rings. The van der Waals surface area contributed by atoms with E-state index in [1.165, 1.54) is 14.2 Å². The topological polar surface area (TPSA) is 93.5 Å². The number of nitrogens with two attached hydrogens (primary N) is 1. The Bertz CT molecular complexity index is 432. The molecular weight excluding hydrogens is 222 g/mol. The quantitative estimate of drug-likeness (QED) is 0.630. The van der Waals surface area contributed by atoms with Crippen LogP contribution in [0.2, 0.25) is 0 Å². The van der Waals surface area contributed by atoms with Gasteiger partial charge in [0.05, 0.1) is 24.9 Å². The van der Waals surface area contributed by atoms with Crippen LogP contribution < -0.4 is 21.1 Å². The Kier molecular flexibility index (Phi) is 4.33. The van der Waals surface area contributed by atoms with Gasteiger partial charge in [-0.2, -0.15) is 0 Å². The molecule has 0 aromatic heterocycles. The van der Waals surface area contributed by atoms with Crippen LogP contribution in [-0.4, -0.2) is 32.5 Å². The molecule has 0 atom stereocenters. The number of rotatable bonds is 4. The van der Waals surface area contributed by atoms with Gasteiger partial charge >= 0.3 is 0 Å². The van der Waals surface area contributed by atoms with E-state index in [1.54, 1.807) is 18.2 Å². The predicted octanol–water partition coefficient (Wildman–Crippen LogP) is -0.247. The van der Waals surface area contributed by atoms with Gasteiger partial charge in [0, 0.05) is 7.05 Å². The molecule has 0 aliphatic carbocycles. The van der Waals surface area contributed by atoms with Crippen molar-refractivity contribution in [2.75, 3.05) is 26.4 Å². The largest absolute Gasteiger partial charge is 0.495 e. The summed E-state index contributed by atoms with van der Waals surface area (Å²) in [5.41, 5.74) is 6.29. The van der Waals surface area contributed by atoms with Gasteiger partial charge in [-0.25, -0.2) is 0 Å². The zero-order valence-corrected chi connectivity index (χ0v) is 9.74. The number of ether oxygens (including phenoxy) is 1. The smallest absolute Gasteiger partial charge is 0.253 e. The highest BCUT2D eigenvalue weighted by atomic mass is 16.5. The number of nitrogen functional groups attached to an aromatic ring is 1. The lowest BCUT2D eigenvalue weighted by Gasteiger charge is -2.09. The maximum absolute atomic E-state index is 11.7. The van der Waals surface area contributed by atoms with Crippen molar-refractivity contribution in [2.24, 2.45) is 0 Å². The maximum Gasteiger partial charge on any atom is 0.253 e. The lowest BCUT2D eigenvalue weighted by atomic mass is 10.1. The third kappa shape index (κ3) is 3.10. The second kappa shape index (κ2) is 5.74. The van der Waals surface area contributed by atoms with E-state index in [0.717, 1.165) is 0 Å². The molecule has 0 saturated carbocycles. The highest BCUT2D eigenvalue weighted by molar-refractivity contribution is 6.01. The van der Waals surface area contributed by atoms with Gasteiger partial charge in [-0.1, -0.05) is 6.07 Å². The van der Waals surface area contributed by atoms with E-state index in [0.29, 0.717) is 5.75 Å². The van der Waals surface area contributed by atoms with E-state index in [1.807, 2.05) is 0 Å². The predicted molar refractivity (Wildman–Crippen MR) is 63.8 cm³/mol. The number of para-hydroxylation sites is 1. The van der Waals surface area contributed by atoms with Gasteiger partial charge in [-0.05, 0) is 12.1 Å².